The fourth-order valence-electron chi connectivity index (χ4n) is 3.10. The Morgan fingerprint density at radius 3 is 2.68 bits per heavy atom. The fraction of sp³-hybridized carbons (Fsp3) is 0.444. The van der Waals surface area contributed by atoms with Crippen molar-refractivity contribution in [3.05, 3.63) is 42.2 Å². The molecule has 2 aromatic rings. The van der Waals surface area contributed by atoms with Gasteiger partial charge in [-0.05, 0) is 56.0 Å². The molecule has 2 atom stereocenters. The number of ether oxygens (including phenoxy) is 1. The Balaban J connectivity index is 0.00000225. The van der Waals surface area contributed by atoms with E-state index in [1.807, 2.05) is 42.3 Å². The summed E-state index contributed by atoms with van der Waals surface area (Å²) in [5.41, 5.74) is 7.36. The molecule has 0 aliphatic carbocycles. The van der Waals surface area contributed by atoms with Gasteiger partial charge in [0, 0.05) is 25.3 Å². The van der Waals surface area contributed by atoms with E-state index in [1.54, 1.807) is 17.9 Å². The number of likely N-dealkylation sites (tertiary alicyclic amines) is 1. The zero-order valence-electron chi connectivity index (χ0n) is 14.6. The summed E-state index contributed by atoms with van der Waals surface area (Å²) in [5, 5.41) is 4.43. The Morgan fingerprint density at radius 2 is 2.04 bits per heavy atom. The summed E-state index contributed by atoms with van der Waals surface area (Å²) >= 11 is 0. The molecule has 1 aliphatic heterocycles. The summed E-state index contributed by atoms with van der Waals surface area (Å²) in [6.45, 7) is 3.50. The van der Waals surface area contributed by atoms with Crippen molar-refractivity contribution in [2.45, 2.75) is 25.8 Å². The topological polar surface area (TPSA) is 73.4 Å². The van der Waals surface area contributed by atoms with Gasteiger partial charge in [-0.1, -0.05) is 0 Å². The van der Waals surface area contributed by atoms with Gasteiger partial charge in [-0.2, -0.15) is 5.10 Å². The maximum absolute atomic E-state index is 12.7. The quantitative estimate of drug-likeness (QED) is 0.904. The number of amides is 1. The van der Waals surface area contributed by atoms with Crippen molar-refractivity contribution in [2.75, 3.05) is 20.2 Å². The maximum Gasteiger partial charge on any atom is 0.274 e. The van der Waals surface area contributed by atoms with Gasteiger partial charge >= 0.3 is 0 Å². The van der Waals surface area contributed by atoms with Gasteiger partial charge < -0.3 is 15.4 Å². The van der Waals surface area contributed by atoms with Crippen molar-refractivity contribution in [1.82, 2.24) is 14.7 Å². The number of rotatable bonds is 4. The minimum Gasteiger partial charge on any atom is -0.497 e. The van der Waals surface area contributed by atoms with E-state index < -0.39 is 0 Å². The average Bonchev–Trinajstić information content (AvgIpc) is 3.11. The number of benzene rings is 1. The van der Waals surface area contributed by atoms with Gasteiger partial charge in [0.2, 0.25) is 0 Å². The Hall–Kier alpha value is -2.05. The molecule has 1 amide bonds. The maximum atomic E-state index is 12.7. The highest BCUT2D eigenvalue weighted by molar-refractivity contribution is 5.92. The average molecular weight is 365 g/mol. The summed E-state index contributed by atoms with van der Waals surface area (Å²) < 4.78 is 6.86. The van der Waals surface area contributed by atoms with Crippen molar-refractivity contribution in [2.24, 2.45) is 11.7 Å². The van der Waals surface area contributed by atoms with E-state index in [0.29, 0.717) is 18.2 Å². The Morgan fingerprint density at radius 1 is 1.32 bits per heavy atom. The highest BCUT2D eigenvalue weighted by atomic mass is 35.5. The van der Waals surface area contributed by atoms with Crippen molar-refractivity contribution in [3.63, 3.8) is 0 Å². The molecule has 0 bridgehead atoms. The number of halogens is 1. The van der Waals surface area contributed by atoms with Crippen LogP contribution in [0.4, 0.5) is 0 Å². The molecule has 0 radical (unpaired) electrons. The second kappa shape index (κ2) is 8.36. The van der Waals surface area contributed by atoms with E-state index in [4.69, 9.17) is 10.5 Å². The monoisotopic (exact) mass is 364 g/mol. The van der Waals surface area contributed by atoms with Gasteiger partial charge in [-0.15, -0.1) is 12.4 Å². The van der Waals surface area contributed by atoms with E-state index in [1.165, 1.54) is 0 Å². The number of hydrogen-bond donors (Lipinski definition) is 1. The van der Waals surface area contributed by atoms with Gasteiger partial charge in [-0.25, -0.2) is 4.68 Å². The molecule has 1 fully saturated rings. The van der Waals surface area contributed by atoms with Crippen LogP contribution >= 0.6 is 12.4 Å². The van der Waals surface area contributed by atoms with E-state index in [0.717, 1.165) is 30.8 Å². The number of nitrogens with zero attached hydrogens (tertiary/aromatic N) is 3. The fourth-order valence-corrected chi connectivity index (χ4v) is 3.10. The van der Waals surface area contributed by atoms with Crippen molar-refractivity contribution in [3.8, 4) is 11.4 Å². The lowest BCUT2D eigenvalue weighted by Gasteiger charge is -2.34. The number of carbonyl (C=O) groups excluding carboxylic acids is 1. The second-order valence-electron chi connectivity index (χ2n) is 6.36. The number of aromatic nitrogens is 2. The first-order valence-electron chi connectivity index (χ1n) is 8.33. The molecule has 1 saturated heterocycles. The first-order chi connectivity index (χ1) is 11.6. The molecule has 6 nitrogen and oxygen atoms in total. The van der Waals surface area contributed by atoms with Crippen LogP contribution in [0.2, 0.25) is 0 Å². The highest BCUT2D eigenvalue weighted by Crippen LogP contribution is 2.21. The first-order valence-corrected chi connectivity index (χ1v) is 8.33. The summed E-state index contributed by atoms with van der Waals surface area (Å²) in [4.78, 5) is 14.6. The smallest absolute Gasteiger partial charge is 0.274 e. The standard InChI is InChI=1S/C18H24N4O2.ClH/c1-13(19)14-4-3-10-21(12-14)18(23)17-9-11-22(20-17)15-5-7-16(24-2)8-6-15;/h5-9,11,13-14H,3-4,10,12,19H2,1-2H3;1H. The number of piperidine rings is 1. The molecule has 3 rings (SSSR count). The van der Waals surface area contributed by atoms with Crippen molar-refractivity contribution >= 4 is 18.3 Å². The lowest BCUT2D eigenvalue weighted by Crippen LogP contribution is -2.45. The van der Waals surface area contributed by atoms with Gasteiger partial charge in [-0.3, -0.25) is 4.79 Å². The van der Waals surface area contributed by atoms with E-state index in [2.05, 4.69) is 5.10 Å². The predicted octanol–water partition coefficient (Wildman–Crippen LogP) is 2.50. The molecule has 136 valence electrons. The molecule has 1 aromatic heterocycles. The van der Waals surface area contributed by atoms with Gasteiger partial charge in [0.25, 0.3) is 5.91 Å². The molecule has 2 heterocycles. The minimum atomic E-state index is -0.0207. The number of nitrogens with two attached hydrogens (primary N) is 1. The number of methoxy groups -OCH3 is 1. The summed E-state index contributed by atoms with van der Waals surface area (Å²) in [7, 11) is 1.63. The molecule has 0 spiro atoms. The summed E-state index contributed by atoms with van der Waals surface area (Å²) in [6, 6.07) is 9.44. The van der Waals surface area contributed by atoms with Gasteiger partial charge in [0.15, 0.2) is 5.69 Å². The zero-order chi connectivity index (χ0) is 17.1. The number of hydrogen-bond acceptors (Lipinski definition) is 4. The minimum absolute atomic E-state index is 0. The molecule has 1 aromatic carbocycles. The zero-order valence-corrected chi connectivity index (χ0v) is 15.4. The normalized spacial score (nSPS) is 18.4. The Kier molecular flexibility index (Phi) is 6.45. The Labute approximate surface area is 154 Å². The van der Waals surface area contributed by atoms with Crippen LogP contribution in [-0.4, -0.2) is 46.8 Å². The van der Waals surface area contributed by atoms with Crippen molar-refractivity contribution in [1.29, 1.82) is 0 Å². The first kappa shape index (κ1) is 19.3. The number of carbonyl (C=O) groups is 1. The van der Waals surface area contributed by atoms with Crippen molar-refractivity contribution < 1.29 is 9.53 Å². The van der Waals surface area contributed by atoms with Gasteiger partial charge in [0.1, 0.15) is 5.75 Å². The second-order valence-corrected chi connectivity index (χ2v) is 6.36. The van der Waals surface area contributed by atoms with E-state index >= 15 is 0 Å². The summed E-state index contributed by atoms with van der Waals surface area (Å²) in [6.07, 6.45) is 3.89. The SMILES string of the molecule is COc1ccc(-n2ccc(C(=O)N3CCCC(C(C)N)C3)n2)cc1.Cl. The van der Waals surface area contributed by atoms with Crippen LogP contribution in [0.1, 0.15) is 30.3 Å². The molecule has 7 heteroatoms. The molecular weight excluding hydrogens is 340 g/mol. The highest BCUT2D eigenvalue weighted by Gasteiger charge is 2.27. The van der Waals surface area contributed by atoms with Crippen LogP contribution in [0.15, 0.2) is 36.5 Å². The van der Waals surface area contributed by atoms with Crippen LogP contribution in [0.25, 0.3) is 5.69 Å². The molecule has 2 unspecified atom stereocenters. The lowest BCUT2D eigenvalue weighted by atomic mass is 9.92. The Bertz CT molecular complexity index is 699. The lowest BCUT2D eigenvalue weighted by molar-refractivity contribution is 0.0654. The third-order valence-corrected chi connectivity index (χ3v) is 4.63. The van der Waals surface area contributed by atoms with Crippen LogP contribution in [0.3, 0.4) is 0 Å². The third-order valence-electron chi connectivity index (χ3n) is 4.63. The van der Waals surface area contributed by atoms with Crippen LogP contribution in [0.5, 0.6) is 5.75 Å². The molecule has 2 N–H and O–H groups in total. The summed E-state index contributed by atoms with van der Waals surface area (Å²) in [5.74, 6) is 1.14. The molecule has 25 heavy (non-hydrogen) atoms. The predicted molar refractivity (Wildman–Crippen MR) is 99.6 cm³/mol. The van der Waals surface area contributed by atoms with E-state index in [-0.39, 0.29) is 24.4 Å². The third kappa shape index (κ3) is 4.32. The molecule has 1 aliphatic rings. The van der Waals surface area contributed by atoms with Crippen LogP contribution < -0.4 is 10.5 Å². The van der Waals surface area contributed by atoms with Crippen LogP contribution in [0, 0.1) is 5.92 Å². The van der Waals surface area contributed by atoms with Crippen LogP contribution in [-0.2, 0) is 0 Å². The van der Waals surface area contributed by atoms with E-state index in [9.17, 15) is 4.79 Å². The molecule has 0 saturated carbocycles. The largest absolute Gasteiger partial charge is 0.497 e. The molecular formula is C18H25ClN4O2. The van der Waals surface area contributed by atoms with Gasteiger partial charge in [0.05, 0.1) is 12.8 Å².